The second-order valence-electron chi connectivity index (χ2n) is 3.56. The van der Waals surface area contributed by atoms with Gasteiger partial charge < -0.3 is 14.3 Å². The summed E-state index contributed by atoms with van der Waals surface area (Å²) in [5, 5.41) is 0. The molecule has 1 aliphatic rings. The molecule has 1 N–H and O–H groups in total. The number of aryl methyl sites for hydroxylation is 1. The summed E-state index contributed by atoms with van der Waals surface area (Å²) < 4.78 is 5.08. The molecule has 0 spiro atoms. The van der Waals surface area contributed by atoms with Gasteiger partial charge in [0.2, 0.25) is 5.95 Å². The Bertz CT molecular complexity index is 349. The average Bonchev–Trinajstić information content (AvgIpc) is 2.24. The van der Waals surface area contributed by atoms with Gasteiger partial charge in [-0.15, -0.1) is 0 Å². The fraction of sp³-hybridized carbons (Fsp3) is 0.556. The van der Waals surface area contributed by atoms with Gasteiger partial charge in [-0.25, -0.2) is 9.97 Å². The first-order valence-corrected chi connectivity index (χ1v) is 6.54. The van der Waals surface area contributed by atoms with Gasteiger partial charge in [0, 0.05) is 25.0 Å². The van der Waals surface area contributed by atoms with Crippen LogP contribution in [0.3, 0.4) is 0 Å². The van der Waals surface area contributed by atoms with E-state index in [0.717, 1.165) is 36.9 Å². The van der Waals surface area contributed by atoms with Gasteiger partial charge in [0.15, 0.2) is 9.03 Å². The third kappa shape index (κ3) is 2.83. The monoisotopic (exact) mass is 259 g/mol. The molecule has 0 aromatic carbocycles. The molecule has 1 fully saturated rings. The minimum absolute atomic E-state index is 0.112. The Balaban J connectivity index is 1.92. The van der Waals surface area contributed by atoms with Gasteiger partial charge in [-0.1, -0.05) is 0 Å². The van der Waals surface area contributed by atoms with E-state index in [1.165, 1.54) is 0 Å². The Labute approximate surface area is 102 Å². The van der Waals surface area contributed by atoms with Gasteiger partial charge >= 0.3 is 0 Å². The second kappa shape index (κ2) is 5.77. The lowest BCUT2D eigenvalue weighted by Crippen LogP contribution is -2.52. The van der Waals surface area contributed by atoms with Crippen molar-refractivity contribution >= 4 is 27.6 Å². The Morgan fingerprint density at radius 1 is 1.62 bits per heavy atom. The first-order chi connectivity index (χ1) is 7.83. The lowest BCUT2D eigenvalue weighted by atomic mass is 10.2. The molecule has 2 heterocycles. The van der Waals surface area contributed by atoms with Gasteiger partial charge in [0.1, 0.15) is 0 Å². The van der Waals surface area contributed by atoms with E-state index < -0.39 is 9.03 Å². The van der Waals surface area contributed by atoms with Crippen molar-refractivity contribution in [2.75, 3.05) is 23.7 Å². The highest BCUT2D eigenvalue weighted by molar-refractivity contribution is 7.80. The summed E-state index contributed by atoms with van der Waals surface area (Å²) in [6.45, 7) is 1.50. The number of rotatable bonds is 5. The molecule has 1 unspecified atom stereocenters. The summed E-state index contributed by atoms with van der Waals surface area (Å²) in [6.07, 6.45) is 2.73. The van der Waals surface area contributed by atoms with Crippen LogP contribution < -0.4 is 4.90 Å². The van der Waals surface area contributed by atoms with E-state index in [9.17, 15) is 0 Å². The van der Waals surface area contributed by atoms with E-state index in [-0.39, 0.29) is 6.10 Å². The zero-order chi connectivity index (χ0) is 11.4. The third-order valence-electron chi connectivity index (χ3n) is 2.42. The Kier molecular flexibility index (Phi) is 4.35. The molecule has 1 atom stereocenters. The SMILES string of the molecule is OPOC1CN(c2nccc(CCS)n2)C1. The number of nitrogens with zero attached hydrogens (tertiary/aromatic N) is 3. The molecule has 1 saturated heterocycles. The second-order valence-corrected chi connectivity index (χ2v) is 4.42. The van der Waals surface area contributed by atoms with Crippen LogP contribution in [0.2, 0.25) is 0 Å². The van der Waals surface area contributed by atoms with E-state index in [1.807, 2.05) is 11.0 Å². The lowest BCUT2D eigenvalue weighted by Gasteiger charge is -2.38. The molecule has 0 radical (unpaired) electrons. The lowest BCUT2D eigenvalue weighted by molar-refractivity contribution is 0.176. The van der Waals surface area contributed by atoms with Crippen molar-refractivity contribution < 1.29 is 9.42 Å². The number of aromatic nitrogens is 2. The highest BCUT2D eigenvalue weighted by Crippen LogP contribution is 2.22. The summed E-state index contributed by atoms with van der Waals surface area (Å²) in [7, 11) is -0.436. The molecule has 1 aromatic heterocycles. The van der Waals surface area contributed by atoms with E-state index in [1.54, 1.807) is 6.20 Å². The predicted octanol–water partition coefficient (Wildman–Crippen LogP) is 0.655. The van der Waals surface area contributed by atoms with Gasteiger partial charge in [0.05, 0.1) is 6.10 Å². The fourth-order valence-electron chi connectivity index (χ4n) is 1.54. The summed E-state index contributed by atoms with van der Waals surface area (Å²) in [4.78, 5) is 19.3. The van der Waals surface area contributed by atoms with E-state index in [2.05, 4.69) is 22.6 Å². The summed E-state index contributed by atoms with van der Waals surface area (Å²) in [5.74, 6) is 1.52. The Morgan fingerprint density at radius 2 is 2.44 bits per heavy atom. The molecule has 88 valence electrons. The zero-order valence-corrected chi connectivity index (χ0v) is 10.6. The standard InChI is InChI=1S/C9H14N3O2PS/c13-15-14-8-5-12(6-8)9-10-3-1-7(11-9)2-4-16/h1,3,8,13,15-16H,2,4-6H2. The number of hydrogen-bond donors (Lipinski definition) is 2. The molecule has 0 amide bonds. The Morgan fingerprint density at radius 3 is 3.12 bits per heavy atom. The molecule has 16 heavy (non-hydrogen) atoms. The maximum Gasteiger partial charge on any atom is 0.225 e. The fourth-order valence-corrected chi connectivity index (χ4v) is 2.07. The zero-order valence-electron chi connectivity index (χ0n) is 8.70. The van der Waals surface area contributed by atoms with Crippen molar-refractivity contribution in [3.05, 3.63) is 18.0 Å². The molecule has 2 rings (SSSR count). The van der Waals surface area contributed by atoms with Gasteiger partial charge in [-0.2, -0.15) is 12.6 Å². The molecule has 5 nitrogen and oxygen atoms in total. The van der Waals surface area contributed by atoms with E-state index in [4.69, 9.17) is 9.42 Å². The molecule has 7 heteroatoms. The summed E-state index contributed by atoms with van der Waals surface area (Å²) in [5.41, 5.74) is 1.01. The predicted molar refractivity (Wildman–Crippen MR) is 67.2 cm³/mol. The number of hydrogen-bond acceptors (Lipinski definition) is 6. The van der Waals surface area contributed by atoms with Crippen LogP contribution in [-0.4, -0.2) is 39.8 Å². The smallest absolute Gasteiger partial charge is 0.225 e. The maximum atomic E-state index is 8.62. The quantitative estimate of drug-likeness (QED) is 0.601. The van der Waals surface area contributed by atoms with Crippen molar-refractivity contribution in [3.63, 3.8) is 0 Å². The first kappa shape index (κ1) is 12.0. The summed E-state index contributed by atoms with van der Waals surface area (Å²) in [6, 6.07) is 1.91. The number of anilines is 1. The highest BCUT2D eigenvalue weighted by atomic mass is 32.1. The molecule has 1 aliphatic heterocycles. The topological polar surface area (TPSA) is 58.5 Å². The molecule has 0 aliphatic carbocycles. The van der Waals surface area contributed by atoms with E-state index in [0.29, 0.717) is 0 Å². The third-order valence-corrected chi connectivity index (χ3v) is 3.08. The van der Waals surface area contributed by atoms with Crippen molar-refractivity contribution in [2.45, 2.75) is 12.5 Å². The van der Waals surface area contributed by atoms with Gasteiger partial charge in [0.25, 0.3) is 0 Å². The molecular weight excluding hydrogens is 245 g/mol. The molecule has 1 aromatic rings. The van der Waals surface area contributed by atoms with Crippen LogP contribution in [-0.2, 0) is 10.9 Å². The van der Waals surface area contributed by atoms with Crippen LogP contribution in [0.25, 0.3) is 0 Å². The van der Waals surface area contributed by atoms with Crippen molar-refractivity contribution in [2.24, 2.45) is 0 Å². The normalized spacial score (nSPS) is 17.0. The van der Waals surface area contributed by atoms with Crippen LogP contribution >= 0.6 is 21.7 Å². The van der Waals surface area contributed by atoms with Gasteiger partial charge in [-0.3, -0.25) is 0 Å². The van der Waals surface area contributed by atoms with Crippen molar-refractivity contribution in [1.29, 1.82) is 0 Å². The minimum atomic E-state index is -0.436. The Hall–Kier alpha value is -0.420. The number of thiol groups is 1. The van der Waals surface area contributed by atoms with E-state index >= 15 is 0 Å². The van der Waals surface area contributed by atoms with Crippen LogP contribution in [0, 0.1) is 0 Å². The molecule has 0 saturated carbocycles. The van der Waals surface area contributed by atoms with Crippen LogP contribution in [0.5, 0.6) is 0 Å². The van der Waals surface area contributed by atoms with Crippen LogP contribution in [0.4, 0.5) is 5.95 Å². The minimum Gasteiger partial charge on any atom is -0.352 e. The molecule has 0 bridgehead atoms. The largest absolute Gasteiger partial charge is 0.352 e. The van der Waals surface area contributed by atoms with Crippen LogP contribution in [0.1, 0.15) is 5.69 Å². The maximum absolute atomic E-state index is 8.62. The highest BCUT2D eigenvalue weighted by Gasteiger charge is 2.29. The van der Waals surface area contributed by atoms with Crippen molar-refractivity contribution in [1.82, 2.24) is 9.97 Å². The van der Waals surface area contributed by atoms with Crippen molar-refractivity contribution in [3.8, 4) is 0 Å². The van der Waals surface area contributed by atoms with Crippen LogP contribution in [0.15, 0.2) is 12.3 Å². The van der Waals surface area contributed by atoms with Gasteiger partial charge in [-0.05, 0) is 18.2 Å². The summed E-state index contributed by atoms with van der Waals surface area (Å²) >= 11 is 4.18. The first-order valence-electron chi connectivity index (χ1n) is 5.06. The average molecular weight is 259 g/mol. The molecular formula is C9H14N3O2PS.